The Kier molecular flexibility index (Phi) is 7.75. The molecule has 0 aromatic heterocycles. The molecule has 5 heteroatoms. The first-order valence-electron chi connectivity index (χ1n) is 7.96. The highest BCUT2D eigenvalue weighted by atomic mass is 16.5. The Morgan fingerprint density at radius 3 is 2.30 bits per heavy atom. The lowest BCUT2D eigenvalue weighted by atomic mass is 10.1. The first kappa shape index (κ1) is 19.2. The molecule has 0 unspecified atom stereocenters. The van der Waals surface area contributed by atoms with E-state index in [-0.39, 0.29) is 18.4 Å². The number of carbonyl (C=O) groups excluding carboxylic acids is 2. The van der Waals surface area contributed by atoms with E-state index < -0.39 is 0 Å². The van der Waals surface area contributed by atoms with Crippen LogP contribution in [-0.2, 0) is 9.53 Å². The van der Waals surface area contributed by atoms with Gasteiger partial charge in [-0.3, -0.25) is 9.59 Å². The van der Waals surface area contributed by atoms with Crippen LogP contribution in [0.3, 0.4) is 0 Å². The van der Waals surface area contributed by atoms with Crippen LogP contribution in [0.1, 0.15) is 35.3 Å². The molecule has 0 radical (unpaired) electrons. The van der Waals surface area contributed by atoms with E-state index in [1.54, 1.807) is 12.0 Å². The molecule has 0 saturated carbocycles. The minimum atomic E-state index is -0.221. The van der Waals surface area contributed by atoms with Crippen LogP contribution in [0.5, 0.6) is 0 Å². The zero-order valence-corrected chi connectivity index (χ0v) is 14.8. The second-order valence-corrected chi connectivity index (χ2v) is 6.29. The molecule has 0 aliphatic rings. The second-order valence-electron chi connectivity index (χ2n) is 6.29. The van der Waals surface area contributed by atoms with Crippen molar-refractivity contribution >= 4 is 11.8 Å². The Morgan fingerprint density at radius 1 is 1.17 bits per heavy atom. The van der Waals surface area contributed by atoms with Crippen LogP contribution in [-0.4, -0.2) is 50.1 Å². The molecule has 0 heterocycles. The topological polar surface area (TPSA) is 58.6 Å². The molecule has 1 aromatic rings. The summed E-state index contributed by atoms with van der Waals surface area (Å²) in [5.74, 6) is 0.0563. The number of ether oxygens (including phenoxy) is 1. The van der Waals surface area contributed by atoms with Crippen molar-refractivity contribution in [2.24, 2.45) is 5.92 Å². The Morgan fingerprint density at radius 2 is 1.78 bits per heavy atom. The number of nitrogens with one attached hydrogen (secondary N) is 1. The van der Waals surface area contributed by atoms with E-state index in [0.717, 1.165) is 11.1 Å². The van der Waals surface area contributed by atoms with Crippen molar-refractivity contribution in [3.63, 3.8) is 0 Å². The van der Waals surface area contributed by atoms with Gasteiger partial charge in [0.15, 0.2) is 0 Å². The van der Waals surface area contributed by atoms with Gasteiger partial charge < -0.3 is 15.0 Å². The molecule has 128 valence electrons. The van der Waals surface area contributed by atoms with E-state index in [1.807, 2.05) is 32.0 Å². The summed E-state index contributed by atoms with van der Waals surface area (Å²) >= 11 is 0. The van der Waals surface area contributed by atoms with Gasteiger partial charge in [0.05, 0.1) is 13.2 Å². The van der Waals surface area contributed by atoms with Gasteiger partial charge in [0.25, 0.3) is 5.91 Å². The first-order chi connectivity index (χ1) is 10.8. The molecule has 0 atom stereocenters. The minimum absolute atomic E-state index is 0.00224. The molecule has 1 aromatic carbocycles. The van der Waals surface area contributed by atoms with Gasteiger partial charge in [-0.15, -0.1) is 0 Å². The maximum Gasteiger partial charge on any atom is 0.251 e. The summed E-state index contributed by atoms with van der Waals surface area (Å²) in [5, 5.41) is 2.71. The van der Waals surface area contributed by atoms with E-state index >= 15 is 0 Å². The van der Waals surface area contributed by atoms with E-state index in [1.165, 1.54) is 0 Å². The zero-order valence-electron chi connectivity index (χ0n) is 14.8. The number of amides is 2. The third kappa shape index (κ3) is 6.82. The fraction of sp³-hybridized carbons (Fsp3) is 0.556. The lowest BCUT2D eigenvalue weighted by molar-refractivity contribution is -0.131. The van der Waals surface area contributed by atoms with Crippen LogP contribution in [0, 0.1) is 19.8 Å². The van der Waals surface area contributed by atoms with Crippen LogP contribution in [0.15, 0.2) is 18.2 Å². The predicted octanol–water partition coefficient (Wildman–Crippen LogP) is 2.16. The minimum Gasteiger partial charge on any atom is -0.383 e. The molecule has 5 nitrogen and oxygen atoms in total. The molecule has 0 saturated heterocycles. The normalized spacial score (nSPS) is 10.7. The number of aryl methyl sites for hydroxylation is 2. The monoisotopic (exact) mass is 320 g/mol. The molecule has 0 aliphatic heterocycles. The van der Waals surface area contributed by atoms with Crippen LogP contribution < -0.4 is 5.32 Å². The Bertz CT molecular complexity index is 521. The Balaban J connectivity index is 2.62. The van der Waals surface area contributed by atoms with Gasteiger partial charge in [0.2, 0.25) is 5.91 Å². The molecule has 2 amide bonds. The molecule has 0 fully saturated rings. The highest BCUT2D eigenvalue weighted by molar-refractivity contribution is 5.96. The Hall–Kier alpha value is -1.88. The number of benzene rings is 1. The van der Waals surface area contributed by atoms with E-state index in [2.05, 4.69) is 19.2 Å². The molecule has 0 aliphatic carbocycles. The summed E-state index contributed by atoms with van der Waals surface area (Å²) < 4.78 is 5.04. The smallest absolute Gasteiger partial charge is 0.251 e. The van der Waals surface area contributed by atoms with Gasteiger partial charge in [-0.1, -0.05) is 31.0 Å². The molecular weight excluding hydrogens is 292 g/mol. The van der Waals surface area contributed by atoms with E-state index in [9.17, 15) is 9.59 Å². The summed E-state index contributed by atoms with van der Waals surface area (Å²) in [4.78, 5) is 26.2. The molecule has 23 heavy (non-hydrogen) atoms. The van der Waals surface area contributed by atoms with Crippen molar-refractivity contribution in [3.05, 3.63) is 34.9 Å². The van der Waals surface area contributed by atoms with Crippen LogP contribution in [0.25, 0.3) is 0 Å². The largest absolute Gasteiger partial charge is 0.383 e. The number of rotatable bonds is 8. The molecule has 1 N–H and O–H groups in total. The third-order valence-corrected chi connectivity index (χ3v) is 3.39. The fourth-order valence-electron chi connectivity index (χ4n) is 2.44. The maximum atomic E-state index is 12.3. The van der Waals surface area contributed by atoms with Crippen molar-refractivity contribution < 1.29 is 14.3 Å². The number of carbonyl (C=O) groups is 2. The lowest BCUT2D eigenvalue weighted by Crippen LogP contribution is -2.43. The predicted molar refractivity (Wildman–Crippen MR) is 91.5 cm³/mol. The van der Waals surface area contributed by atoms with Crippen LogP contribution in [0.4, 0.5) is 0 Å². The van der Waals surface area contributed by atoms with E-state index in [4.69, 9.17) is 4.74 Å². The second kappa shape index (κ2) is 9.30. The third-order valence-electron chi connectivity index (χ3n) is 3.39. The highest BCUT2D eigenvalue weighted by Crippen LogP contribution is 2.08. The SMILES string of the molecule is COCCN(CC(C)C)C(=O)CNC(=O)c1cc(C)cc(C)c1. The summed E-state index contributed by atoms with van der Waals surface area (Å²) in [5.41, 5.74) is 2.65. The summed E-state index contributed by atoms with van der Waals surface area (Å²) in [7, 11) is 1.61. The van der Waals surface area contributed by atoms with Gasteiger partial charge in [-0.05, 0) is 31.9 Å². The van der Waals surface area contributed by atoms with Crippen molar-refractivity contribution in [3.8, 4) is 0 Å². The van der Waals surface area contributed by atoms with Crippen molar-refractivity contribution in [2.45, 2.75) is 27.7 Å². The van der Waals surface area contributed by atoms with Gasteiger partial charge >= 0.3 is 0 Å². The maximum absolute atomic E-state index is 12.3. The molecule has 1 rings (SSSR count). The zero-order chi connectivity index (χ0) is 17.4. The van der Waals surface area contributed by atoms with Crippen LogP contribution in [0.2, 0.25) is 0 Å². The summed E-state index contributed by atoms with van der Waals surface area (Å²) in [6.07, 6.45) is 0. The fourth-order valence-corrected chi connectivity index (χ4v) is 2.44. The standard InChI is InChI=1S/C18H28N2O3/c1-13(2)12-20(6-7-23-5)17(21)11-19-18(22)16-9-14(3)8-15(4)10-16/h8-10,13H,6-7,11-12H2,1-5H3,(H,19,22). The molecular formula is C18H28N2O3. The number of methoxy groups -OCH3 is 1. The number of nitrogens with zero attached hydrogens (tertiary/aromatic N) is 1. The number of hydrogen-bond acceptors (Lipinski definition) is 3. The summed E-state index contributed by atoms with van der Waals surface area (Å²) in [6.45, 7) is 9.69. The van der Waals surface area contributed by atoms with Gasteiger partial charge in [0.1, 0.15) is 0 Å². The van der Waals surface area contributed by atoms with Gasteiger partial charge in [0, 0.05) is 25.8 Å². The Labute approximate surface area is 139 Å². The number of hydrogen-bond donors (Lipinski definition) is 1. The highest BCUT2D eigenvalue weighted by Gasteiger charge is 2.16. The molecule has 0 bridgehead atoms. The van der Waals surface area contributed by atoms with Gasteiger partial charge in [-0.2, -0.15) is 0 Å². The van der Waals surface area contributed by atoms with Crippen molar-refractivity contribution in [1.82, 2.24) is 10.2 Å². The first-order valence-corrected chi connectivity index (χ1v) is 7.96. The quantitative estimate of drug-likeness (QED) is 0.798. The van der Waals surface area contributed by atoms with E-state index in [0.29, 0.717) is 31.2 Å². The van der Waals surface area contributed by atoms with Gasteiger partial charge in [-0.25, -0.2) is 0 Å². The lowest BCUT2D eigenvalue weighted by Gasteiger charge is -2.24. The average Bonchev–Trinajstić information content (AvgIpc) is 2.47. The van der Waals surface area contributed by atoms with Crippen LogP contribution >= 0.6 is 0 Å². The molecule has 0 spiro atoms. The summed E-state index contributed by atoms with van der Waals surface area (Å²) in [6, 6.07) is 5.66. The van der Waals surface area contributed by atoms with Crippen molar-refractivity contribution in [2.75, 3.05) is 33.4 Å². The average molecular weight is 320 g/mol. The van der Waals surface area contributed by atoms with Crippen molar-refractivity contribution in [1.29, 1.82) is 0 Å².